The SMILES string of the molecule is CC.COC(=O)C1CC1c1cccc(-c2c(-c3ccsc3C#N)c3ccccc3n2S(=O)(=O)c2ccc(Cl)cc2)c1. The molecule has 0 amide bonds. The van der Waals surface area contributed by atoms with Gasteiger partial charge in [-0.05, 0) is 65.7 Å². The van der Waals surface area contributed by atoms with Crippen LogP contribution in [0.25, 0.3) is 33.3 Å². The second-order valence-electron chi connectivity index (χ2n) is 9.34. The Hall–Kier alpha value is -3.90. The number of ether oxygens (including phenoxy) is 1. The Morgan fingerprint density at radius 1 is 1.05 bits per heavy atom. The lowest BCUT2D eigenvalue weighted by Gasteiger charge is -2.15. The van der Waals surface area contributed by atoms with Gasteiger partial charge in [-0.15, -0.1) is 11.3 Å². The molecule has 9 heteroatoms. The molecule has 6 rings (SSSR count). The van der Waals surface area contributed by atoms with Gasteiger partial charge in [-0.3, -0.25) is 4.79 Å². The molecule has 208 valence electrons. The minimum Gasteiger partial charge on any atom is -0.469 e. The third kappa shape index (κ3) is 5.06. The van der Waals surface area contributed by atoms with E-state index in [9.17, 15) is 18.5 Å². The number of nitrogens with zero attached hydrogens (tertiary/aromatic N) is 2. The van der Waals surface area contributed by atoms with Gasteiger partial charge in [0.05, 0.1) is 29.1 Å². The zero-order valence-electron chi connectivity index (χ0n) is 22.7. The topological polar surface area (TPSA) is 89.2 Å². The summed E-state index contributed by atoms with van der Waals surface area (Å²) < 4.78 is 34.9. The number of methoxy groups -OCH3 is 1. The van der Waals surface area contributed by atoms with Gasteiger partial charge in [0.25, 0.3) is 10.0 Å². The van der Waals surface area contributed by atoms with Crippen LogP contribution in [-0.4, -0.2) is 25.5 Å². The van der Waals surface area contributed by atoms with Crippen molar-refractivity contribution in [2.24, 2.45) is 5.92 Å². The van der Waals surface area contributed by atoms with Crippen LogP contribution in [0.2, 0.25) is 5.02 Å². The summed E-state index contributed by atoms with van der Waals surface area (Å²) in [6.07, 6.45) is 0.679. The summed E-state index contributed by atoms with van der Waals surface area (Å²) in [5.74, 6) is -0.458. The second-order valence-corrected chi connectivity index (χ2v) is 12.5. The lowest BCUT2D eigenvalue weighted by molar-refractivity contribution is -0.142. The molecule has 2 aromatic heterocycles. The quantitative estimate of drug-likeness (QED) is 0.183. The van der Waals surface area contributed by atoms with Crippen molar-refractivity contribution in [1.29, 1.82) is 5.26 Å². The van der Waals surface area contributed by atoms with Gasteiger partial charge in [0.1, 0.15) is 10.9 Å². The smallest absolute Gasteiger partial charge is 0.309 e. The van der Waals surface area contributed by atoms with Crippen molar-refractivity contribution in [2.75, 3.05) is 7.11 Å². The zero-order valence-corrected chi connectivity index (χ0v) is 25.1. The number of halogens is 1. The van der Waals surface area contributed by atoms with Crippen LogP contribution >= 0.6 is 22.9 Å². The highest BCUT2D eigenvalue weighted by molar-refractivity contribution is 7.90. The fourth-order valence-corrected chi connectivity index (χ4v) is 7.55. The number of thiophene rings is 1. The van der Waals surface area contributed by atoms with Crippen LogP contribution in [0.1, 0.15) is 36.6 Å². The van der Waals surface area contributed by atoms with Crippen LogP contribution in [0.4, 0.5) is 0 Å². The molecule has 0 saturated heterocycles. The van der Waals surface area contributed by atoms with E-state index in [1.807, 2.05) is 61.7 Å². The minimum absolute atomic E-state index is 0.00219. The normalized spacial score (nSPS) is 16.0. The highest BCUT2D eigenvalue weighted by Crippen LogP contribution is 2.50. The number of carbonyl (C=O) groups excluding carboxylic acids is 1. The summed E-state index contributed by atoms with van der Waals surface area (Å²) in [6, 6.07) is 25.1. The first-order valence-corrected chi connectivity index (χ1v) is 15.9. The Morgan fingerprint density at radius 2 is 1.78 bits per heavy atom. The number of rotatable bonds is 6. The third-order valence-electron chi connectivity index (χ3n) is 7.10. The Morgan fingerprint density at radius 3 is 2.49 bits per heavy atom. The van der Waals surface area contributed by atoms with Crippen LogP contribution in [-0.2, 0) is 19.6 Å². The van der Waals surface area contributed by atoms with Gasteiger partial charge in [-0.1, -0.05) is 61.8 Å². The average molecular weight is 603 g/mol. The summed E-state index contributed by atoms with van der Waals surface area (Å²) >= 11 is 7.38. The van der Waals surface area contributed by atoms with E-state index in [-0.39, 0.29) is 22.7 Å². The van der Waals surface area contributed by atoms with Gasteiger partial charge in [0.15, 0.2) is 0 Å². The number of hydrogen-bond acceptors (Lipinski definition) is 6. The highest BCUT2D eigenvalue weighted by atomic mass is 35.5. The van der Waals surface area contributed by atoms with Crippen molar-refractivity contribution in [3.8, 4) is 28.5 Å². The summed E-state index contributed by atoms with van der Waals surface area (Å²) in [7, 11) is -2.71. The first-order chi connectivity index (χ1) is 19.8. The molecule has 1 aliphatic rings. The van der Waals surface area contributed by atoms with E-state index in [1.165, 1.54) is 34.6 Å². The van der Waals surface area contributed by atoms with Gasteiger partial charge in [-0.25, -0.2) is 12.4 Å². The van der Waals surface area contributed by atoms with Crippen molar-refractivity contribution in [1.82, 2.24) is 3.97 Å². The lowest BCUT2D eigenvalue weighted by Crippen LogP contribution is -2.14. The molecule has 2 atom stereocenters. The van der Waals surface area contributed by atoms with E-state index in [4.69, 9.17) is 16.3 Å². The molecule has 3 aromatic carbocycles. The van der Waals surface area contributed by atoms with E-state index in [1.54, 1.807) is 24.3 Å². The number of aromatic nitrogens is 1. The lowest BCUT2D eigenvalue weighted by atomic mass is 9.97. The van der Waals surface area contributed by atoms with Crippen molar-refractivity contribution in [3.05, 3.63) is 99.7 Å². The molecule has 2 unspecified atom stereocenters. The molecule has 1 saturated carbocycles. The van der Waals surface area contributed by atoms with E-state index < -0.39 is 10.0 Å². The molecule has 0 aliphatic heterocycles. The maximum absolute atomic E-state index is 14.3. The number of esters is 1. The molecule has 5 aromatic rings. The molecule has 2 heterocycles. The third-order valence-corrected chi connectivity index (χ3v) is 9.90. The summed E-state index contributed by atoms with van der Waals surface area (Å²) in [5.41, 5.74) is 3.89. The molecule has 0 spiro atoms. The summed E-state index contributed by atoms with van der Waals surface area (Å²) in [6.45, 7) is 4.00. The van der Waals surface area contributed by atoms with Gasteiger partial charge in [0.2, 0.25) is 0 Å². The van der Waals surface area contributed by atoms with E-state index in [0.29, 0.717) is 49.6 Å². The minimum atomic E-state index is -4.09. The van der Waals surface area contributed by atoms with Crippen molar-refractivity contribution >= 4 is 49.8 Å². The maximum atomic E-state index is 14.3. The fourth-order valence-electron chi connectivity index (χ4n) is 5.19. The number of carbonyl (C=O) groups is 1. The van der Waals surface area contributed by atoms with Crippen molar-refractivity contribution in [2.45, 2.75) is 31.1 Å². The number of benzene rings is 3. The predicted molar refractivity (Wildman–Crippen MR) is 164 cm³/mol. The number of hydrogen-bond donors (Lipinski definition) is 0. The van der Waals surface area contributed by atoms with Gasteiger partial charge in [-0.2, -0.15) is 5.26 Å². The maximum Gasteiger partial charge on any atom is 0.309 e. The molecule has 41 heavy (non-hydrogen) atoms. The molecule has 1 aliphatic carbocycles. The Bertz CT molecular complexity index is 1900. The predicted octanol–water partition coefficient (Wildman–Crippen LogP) is 8.10. The van der Waals surface area contributed by atoms with Gasteiger partial charge < -0.3 is 4.74 Å². The van der Waals surface area contributed by atoms with Crippen LogP contribution in [0.15, 0.2) is 89.1 Å². The highest BCUT2D eigenvalue weighted by Gasteiger charge is 2.45. The number of fused-ring (bicyclic) bond motifs is 1. The van der Waals surface area contributed by atoms with Crippen LogP contribution < -0.4 is 0 Å². The zero-order chi connectivity index (χ0) is 29.3. The van der Waals surface area contributed by atoms with Crippen LogP contribution in [0.3, 0.4) is 0 Å². The van der Waals surface area contributed by atoms with Gasteiger partial charge in [0, 0.05) is 27.1 Å². The van der Waals surface area contributed by atoms with E-state index >= 15 is 0 Å². The fraction of sp³-hybridized carbons (Fsp3) is 0.188. The molecule has 0 bridgehead atoms. The Kier molecular flexibility index (Phi) is 8.05. The van der Waals surface area contributed by atoms with Crippen LogP contribution in [0, 0.1) is 17.2 Å². The number of para-hydroxylation sites is 1. The second kappa shape index (κ2) is 11.5. The van der Waals surface area contributed by atoms with E-state index in [0.717, 1.165) is 5.56 Å². The van der Waals surface area contributed by atoms with Crippen molar-refractivity contribution < 1.29 is 17.9 Å². The van der Waals surface area contributed by atoms with Crippen molar-refractivity contribution in [3.63, 3.8) is 0 Å². The van der Waals surface area contributed by atoms with Gasteiger partial charge >= 0.3 is 5.97 Å². The molecule has 0 N–H and O–H groups in total. The largest absolute Gasteiger partial charge is 0.469 e. The monoisotopic (exact) mass is 602 g/mol. The average Bonchev–Trinajstić information content (AvgIpc) is 3.53. The summed E-state index contributed by atoms with van der Waals surface area (Å²) in [5, 5.41) is 12.9. The first-order valence-electron chi connectivity index (χ1n) is 13.2. The molecular weight excluding hydrogens is 576 g/mol. The number of nitriles is 1. The molecule has 0 radical (unpaired) electrons. The Balaban J connectivity index is 0.00000165. The van der Waals surface area contributed by atoms with E-state index in [2.05, 4.69) is 6.07 Å². The summed E-state index contributed by atoms with van der Waals surface area (Å²) in [4.78, 5) is 12.7. The standard InChI is InChI=1S/C30H21ClN2O4S2.C2H6/c1-37-30(34)25-16-24(25)18-5-4-6-19(15-18)29-28(23-13-14-38-27(23)17-32)22-7-2-3-8-26(22)33(29)39(35,36)21-11-9-20(31)10-12-21;1-2/h2-15,24-25H,16H2,1H3;1-2H3. The molecule has 1 fully saturated rings. The Labute approximate surface area is 248 Å². The first kappa shape index (κ1) is 28.6. The van der Waals surface area contributed by atoms with Crippen LogP contribution in [0.5, 0.6) is 0 Å². The molecular formula is C32H27ClN2O4S2. The molecule has 6 nitrogen and oxygen atoms in total.